The molecule has 3 aromatic carbocycles. The summed E-state index contributed by atoms with van der Waals surface area (Å²) in [5.41, 5.74) is 3.66. The van der Waals surface area contributed by atoms with Crippen molar-refractivity contribution >= 4 is 16.6 Å². The molecule has 0 unspecified atom stereocenters. The maximum atomic E-state index is 13.7. The maximum absolute atomic E-state index is 13.7. The third kappa shape index (κ3) is 3.17. The number of nitrogens with zero attached hydrogens (tertiary/aromatic N) is 3. The molecule has 0 aliphatic carbocycles. The Labute approximate surface area is 211 Å². The Balaban J connectivity index is 1.84. The molecule has 1 aliphatic rings. The van der Waals surface area contributed by atoms with Gasteiger partial charge in [0.25, 0.3) is 5.56 Å². The van der Waals surface area contributed by atoms with Crippen LogP contribution in [0.5, 0.6) is 17.2 Å². The number of aryl methyl sites for hydroxylation is 1. The zero-order chi connectivity index (χ0) is 26.0. The van der Waals surface area contributed by atoms with Gasteiger partial charge in [0, 0.05) is 25.7 Å². The van der Waals surface area contributed by atoms with Gasteiger partial charge in [0.2, 0.25) is 0 Å². The van der Waals surface area contributed by atoms with Gasteiger partial charge in [0.05, 0.1) is 46.8 Å². The number of phenols is 2. The lowest BCUT2D eigenvalue weighted by atomic mass is 9.98. The van der Waals surface area contributed by atoms with E-state index in [1.807, 2.05) is 53.1 Å². The van der Waals surface area contributed by atoms with E-state index in [1.165, 1.54) is 23.7 Å². The van der Waals surface area contributed by atoms with E-state index in [2.05, 4.69) is 5.32 Å². The molecule has 0 saturated carbocycles. The number of fused-ring (bicyclic) bond motifs is 5. The van der Waals surface area contributed by atoms with Crippen LogP contribution in [0, 0.1) is 0 Å². The summed E-state index contributed by atoms with van der Waals surface area (Å²) in [7, 11) is 4.69. The van der Waals surface area contributed by atoms with Gasteiger partial charge < -0.3 is 24.8 Å². The predicted octanol–water partition coefficient (Wildman–Crippen LogP) is 3.63. The van der Waals surface area contributed by atoms with Gasteiger partial charge in [-0.05, 0) is 54.1 Å². The van der Waals surface area contributed by atoms with Crippen molar-refractivity contribution in [2.45, 2.75) is 6.04 Å². The molecule has 9 nitrogen and oxygen atoms in total. The SMILES string of the molecule is COc1ccc(-c2c3c(=O)n(C)c(=O)n(C)c3c3n2-c2ccccc2N[C@@H]3c2ccc(O)cc2O)cc1. The van der Waals surface area contributed by atoms with Crippen LogP contribution in [0.1, 0.15) is 17.3 Å². The van der Waals surface area contributed by atoms with E-state index in [0.29, 0.717) is 33.6 Å². The normalized spacial score (nSPS) is 14.2. The summed E-state index contributed by atoms with van der Waals surface area (Å²) >= 11 is 0. The fourth-order valence-electron chi connectivity index (χ4n) is 5.25. The van der Waals surface area contributed by atoms with Crippen LogP contribution in [0.2, 0.25) is 0 Å². The largest absolute Gasteiger partial charge is 0.508 e. The molecule has 1 atom stereocenters. The number of nitrogens with one attached hydrogen (secondary N) is 1. The van der Waals surface area contributed by atoms with Crippen molar-refractivity contribution in [1.82, 2.24) is 13.7 Å². The van der Waals surface area contributed by atoms with Crippen LogP contribution in [0.4, 0.5) is 5.69 Å². The lowest BCUT2D eigenvalue weighted by Crippen LogP contribution is -2.37. The van der Waals surface area contributed by atoms with Crippen LogP contribution in [0.3, 0.4) is 0 Å². The Bertz CT molecular complexity index is 1830. The van der Waals surface area contributed by atoms with Crippen LogP contribution in [0.15, 0.2) is 76.3 Å². The molecule has 0 fully saturated rings. The highest BCUT2D eigenvalue weighted by atomic mass is 16.5. The summed E-state index contributed by atoms with van der Waals surface area (Å²) in [5.74, 6) is 0.489. The minimum Gasteiger partial charge on any atom is -0.508 e. The van der Waals surface area contributed by atoms with Crippen molar-refractivity contribution in [1.29, 1.82) is 0 Å². The highest BCUT2D eigenvalue weighted by Crippen LogP contribution is 2.47. The van der Waals surface area contributed by atoms with Gasteiger partial charge >= 0.3 is 5.69 Å². The molecule has 1 aliphatic heterocycles. The fourth-order valence-corrected chi connectivity index (χ4v) is 5.25. The minimum atomic E-state index is -0.636. The van der Waals surface area contributed by atoms with E-state index in [0.717, 1.165) is 21.5 Å². The van der Waals surface area contributed by atoms with Crippen LogP contribution in [0.25, 0.3) is 27.8 Å². The van der Waals surface area contributed by atoms with E-state index in [1.54, 1.807) is 20.2 Å². The second kappa shape index (κ2) is 8.06. The zero-order valence-electron chi connectivity index (χ0n) is 20.4. The quantitative estimate of drug-likeness (QED) is 0.352. The Hall–Kier alpha value is -4.92. The number of rotatable bonds is 3. The summed E-state index contributed by atoms with van der Waals surface area (Å²) in [5, 5.41) is 24.6. The topological polar surface area (TPSA) is 111 Å². The summed E-state index contributed by atoms with van der Waals surface area (Å²) in [6.07, 6.45) is 0. The second-order valence-electron chi connectivity index (χ2n) is 9.06. The number of ether oxygens (including phenoxy) is 1. The molecule has 6 rings (SSSR count). The molecule has 9 heteroatoms. The maximum Gasteiger partial charge on any atom is 0.331 e. The molecule has 0 amide bonds. The first-order valence-corrected chi connectivity index (χ1v) is 11.7. The van der Waals surface area contributed by atoms with Crippen LogP contribution < -0.4 is 21.3 Å². The zero-order valence-corrected chi connectivity index (χ0v) is 20.4. The predicted molar refractivity (Wildman–Crippen MR) is 141 cm³/mol. The third-order valence-electron chi connectivity index (χ3n) is 7.02. The van der Waals surface area contributed by atoms with Gasteiger partial charge in [0.1, 0.15) is 17.2 Å². The summed E-state index contributed by atoms with van der Waals surface area (Å²) < 4.78 is 9.90. The smallest absolute Gasteiger partial charge is 0.331 e. The Morgan fingerprint density at radius 3 is 2.35 bits per heavy atom. The monoisotopic (exact) mass is 496 g/mol. The highest BCUT2D eigenvalue weighted by Gasteiger charge is 2.35. The summed E-state index contributed by atoms with van der Waals surface area (Å²) in [6, 6.07) is 18.8. The highest BCUT2D eigenvalue weighted by molar-refractivity contribution is 5.99. The second-order valence-corrected chi connectivity index (χ2v) is 9.06. The molecule has 0 saturated heterocycles. The Morgan fingerprint density at radius 1 is 0.919 bits per heavy atom. The number of aromatic nitrogens is 3. The number of anilines is 1. The average molecular weight is 497 g/mol. The average Bonchev–Trinajstić information content (AvgIpc) is 3.27. The van der Waals surface area contributed by atoms with Gasteiger partial charge in [-0.3, -0.25) is 13.9 Å². The van der Waals surface area contributed by atoms with Crippen molar-refractivity contribution < 1.29 is 14.9 Å². The Kier molecular flexibility index (Phi) is 4.91. The Morgan fingerprint density at radius 2 is 1.65 bits per heavy atom. The third-order valence-corrected chi connectivity index (χ3v) is 7.02. The van der Waals surface area contributed by atoms with Gasteiger partial charge in [-0.15, -0.1) is 0 Å². The van der Waals surface area contributed by atoms with Crippen LogP contribution in [-0.4, -0.2) is 31.0 Å². The van der Waals surface area contributed by atoms with Crippen molar-refractivity contribution in [3.8, 4) is 34.2 Å². The van der Waals surface area contributed by atoms with Gasteiger partial charge in [-0.2, -0.15) is 0 Å². The van der Waals surface area contributed by atoms with Crippen molar-refractivity contribution in [2.24, 2.45) is 14.1 Å². The van der Waals surface area contributed by atoms with E-state index >= 15 is 0 Å². The number of benzene rings is 3. The molecule has 0 bridgehead atoms. The minimum absolute atomic E-state index is 0.0714. The molecule has 2 aromatic heterocycles. The number of hydrogen-bond acceptors (Lipinski definition) is 6. The van der Waals surface area contributed by atoms with E-state index in [9.17, 15) is 19.8 Å². The molecule has 186 valence electrons. The first kappa shape index (κ1) is 22.5. The fraction of sp³-hybridized carbons (Fsp3) is 0.143. The molecule has 3 heterocycles. The van der Waals surface area contributed by atoms with Crippen molar-refractivity contribution in [3.05, 3.63) is 98.8 Å². The molecule has 0 radical (unpaired) electrons. The lowest BCUT2D eigenvalue weighted by molar-refractivity contribution is 0.415. The van der Waals surface area contributed by atoms with E-state index in [4.69, 9.17) is 4.74 Å². The molecule has 0 spiro atoms. The summed E-state index contributed by atoms with van der Waals surface area (Å²) in [6.45, 7) is 0. The first-order valence-electron chi connectivity index (χ1n) is 11.7. The molecular formula is C28H24N4O5. The number of methoxy groups -OCH3 is 1. The molecular weight excluding hydrogens is 472 g/mol. The van der Waals surface area contributed by atoms with Crippen molar-refractivity contribution in [3.63, 3.8) is 0 Å². The number of aromatic hydroxyl groups is 2. The first-order chi connectivity index (χ1) is 17.8. The van der Waals surface area contributed by atoms with Crippen LogP contribution in [-0.2, 0) is 14.1 Å². The summed E-state index contributed by atoms with van der Waals surface area (Å²) in [4.78, 5) is 26.8. The van der Waals surface area contributed by atoms with Crippen molar-refractivity contribution in [2.75, 3.05) is 12.4 Å². The van der Waals surface area contributed by atoms with Gasteiger partial charge in [-0.25, -0.2) is 4.79 Å². The van der Waals surface area contributed by atoms with Gasteiger partial charge in [0.15, 0.2) is 0 Å². The van der Waals surface area contributed by atoms with E-state index < -0.39 is 17.3 Å². The molecule has 3 N–H and O–H groups in total. The standard InChI is InChI=1S/C28H24N4O5/c1-30-25-22(27(35)31(2)28(30)36)24(15-8-11-17(37-3)12-9-15)32-20-7-5-4-6-19(20)29-23(26(25)32)18-13-10-16(33)14-21(18)34/h4-14,23,29,33-34H,1-3H3/t23-/m1/s1. The lowest BCUT2D eigenvalue weighted by Gasteiger charge is -2.31. The van der Waals surface area contributed by atoms with E-state index in [-0.39, 0.29) is 11.5 Å². The number of para-hydroxylation sites is 2. The number of hydrogen-bond donors (Lipinski definition) is 3. The van der Waals surface area contributed by atoms with Crippen LogP contribution >= 0.6 is 0 Å². The molecule has 5 aromatic rings. The number of phenolic OH excluding ortho intramolecular Hbond substituents is 2. The molecule has 37 heavy (non-hydrogen) atoms. The van der Waals surface area contributed by atoms with Gasteiger partial charge in [-0.1, -0.05) is 12.1 Å².